The van der Waals surface area contributed by atoms with E-state index in [2.05, 4.69) is 46.5 Å². The quantitative estimate of drug-likeness (QED) is 0.464. The van der Waals surface area contributed by atoms with E-state index in [-0.39, 0.29) is 5.41 Å². The van der Waals surface area contributed by atoms with Crippen LogP contribution in [0.4, 0.5) is 0 Å². The summed E-state index contributed by atoms with van der Waals surface area (Å²) in [6.45, 7) is 12.7. The molecule has 0 N–H and O–H groups in total. The van der Waals surface area contributed by atoms with Crippen LogP contribution in [0.25, 0.3) is 0 Å². The second kappa shape index (κ2) is 3.62. The zero-order valence-electron chi connectivity index (χ0n) is 8.50. The molecule has 0 aromatic heterocycles. The average Bonchev–Trinajstić information content (AvgIpc) is 1.85. The highest BCUT2D eigenvalue weighted by molar-refractivity contribution is 5.32. The summed E-state index contributed by atoms with van der Waals surface area (Å²) in [7, 11) is 0. The molecule has 0 aromatic carbocycles. The van der Waals surface area contributed by atoms with Gasteiger partial charge in [-0.25, -0.2) is 0 Å². The normalized spacial score (nSPS) is 13.3. The Bertz CT molecular complexity index is 213. The summed E-state index contributed by atoms with van der Waals surface area (Å²) in [4.78, 5) is 0. The van der Waals surface area contributed by atoms with E-state index in [0.717, 1.165) is 0 Å². The molecule has 0 rings (SSSR count). The highest BCUT2D eigenvalue weighted by atomic mass is 14.2. The largest absolute Gasteiger partial charge is 0.102 e. The minimum atomic E-state index is 0.258. The van der Waals surface area contributed by atoms with Crippen molar-refractivity contribution < 1.29 is 0 Å². The van der Waals surface area contributed by atoms with Crippen LogP contribution in [0.5, 0.6) is 0 Å². The Morgan fingerprint density at radius 2 is 1.55 bits per heavy atom. The molecule has 0 aliphatic heterocycles. The Morgan fingerprint density at radius 3 is 1.82 bits per heavy atom. The van der Waals surface area contributed by atoms with Crippen LogP contribution in [0, 0.1) is 17.3 Å². The molecule has 0 aromatic rings. The Labute approximate surface area is 70.7 Å². The molecule has 0 heterocycles. The summed E-state index contributed by atoms with van der Waals surface area (Å²) >= 11 is 0. The Balaban J connectivity index is 4.77. The number of hydrogen-bond acceptors (Lipinski definition) is 0. The fourth-order valence-corrected chi connectivity index (χ4v) is 0.844. The van der Waals surface area contributed by atoms with Gasteiger partial charge in [-0.05, 0) is 31.8 Å². The van der Waals surface area contributed by atoms with Crippen LogP contribution in [0.2, 0.25) is 0 Å². The van der Waals surface area contributed by atoms with Crippen LogP contribution < -0.4 is 0 Å². The van der Waals surface area contributed by atoms with Crippen LogP contribution in [-0.2, 0) is 0 Å². The molecule has 0 nitrogen and oxygen atoms in total. The topological polar surface area (TPSA) is 0 Å². The van der Waals surface area contributed by atoms with Gasteiger partial charge in [0.05, 0.1) is 0 Å². The van der Waals surface area contributed by atoms with Crippen LogP contribution in [0.3, 0.4) is 0 Å². The molecular formula is C11H18. The lowest BCUT2D eigenvalue weighted by molar-refractivity contribution is 0.500. The van der Waals surface area contributed by atoms with E-state index in [1.54, 1.807) is 0 Å². The zero-order valence-corrected chi connectivity index (χ0v) is 8.50. The molecule has 0 aliphatic rings. The van der Waals surface area contributed by atoms with E-state index in [0.29, 0.717) is 0 Å². The minimum Gasteiger partial charge on any atom is -0.102 e. The smallest absolute Gasteiger partial charge is 0.00164 e. The third kappa shape index (κ3) is 3.28. The first-order valence-electron chi connectivity index (χ1n) is 4.00. The van der Waals surface area contributed by atoms with Gasteiger partial charge in [-0.15, -0.1) is 5.92 Å². The lowest BCUT2D eigenvalue weighted by Gasteiger charge is -2.20. The molecule has 0 aliphatic carbocycles. The van der Waals surface area contributed by atoms with Gasteiger partial charge >= 0.3 is 0 Å². The zero-order chi connectivity index (χ0) is 9.07. The summed E-state index contributed by atoms with van der Waals surface area (Å²) in [5, 5.41) is 0. The molecule has 0 fully saturated rings. The Morgan fingerprint density at radius 1 is 1.09 bits per heavy atom. The second-order valence-electron chi connectivity index (χ2n) is 3.88. The first-order chi connectivity index (χ1) is 4.89. The standard InChI is InChI=1S/C11H18/c1-7-8-9(2)10(3)11(4,5)6/h1-6H3. The van der Waals surface area contributed by atoms with Gasteiger partial charge < -0.3 is 0 Å². The maximum atomic E-state index is 3.08. The summed E-state index contributed by atoms with van der Waals surface area (Å²) in [5.41, 5.74) is 2.85. The Hall–Kier alpha value is -0.700. The first kappa shape index (κ1) is 10.3. The van der Waals surface area contributed by atoms with Gasteiger partial charge in [-0.1, -0.05) is 32.3 Å². The van der Waals surface area contributed by atoms with E-state index < -0.39 is 0 Å². The molecule has 0 saturated heterocycles. The van der Waals surface area contributed by atoms with Gasteiger partial charge in [0, 0.05) is 0 Å². The van der Waals surface area contributed by atoms with Gasteiger partial charge in [0.25, 0.3) is 0 Å². The van der Waals surface area contributed by atoms with Gasteiger partial charge in [0.15, 0.2) is 0 Å². The number of hydrogen-bond donors (Lipinski definition) is 0. The maximum Gasteiger partial charge on any atom is -0.00164 e. The van der Waals surface area contributed by atoms with Gasteiger partial charge in [0.2, 0.25) is 0 Å². The fraction of sp³-hybridized carbons (Fsp3) is 0.636. The van der Waals surface area contributed by atoms with Gasteiger partial charge in [0.1, 0.15) is 0 Å². The average molecular weight is 150 g/mol. The van der Waals surface area contributed by atoms with E-state index in [1.165, 1.54) is 11.1 Å². The van der Waals surface area contributed by atoms with Crippen LogP contribution in [0.1, 0.15) is 41.5 Å². The SMILES string of the molecule is CC#CC(C)=C(C)C(C)(C)C. The number of allylic oxidation sites excluding steroid dienone is 2. The maximum absolute atomic E-state index is 3.08. The molecular weight excluding hydrogens is 132 g/mol. The Kier molecular flexibility index (Phi) is 3.39. The predicted octanol–water partition coefficient (Wildman–Crippen LogP) is 3.39. The third-order valence-corrected chi connectivity index (χ3v) is 2.00. The summed E-state index contributed by atoms with van der Waals surface area (Å²) in [6, 6.07) is 0. The predicted molar refractivity (Wildman–Crippen MR) is 51.3 cm³/mol. The lowest BCUT2D eigenvalue weighted by Crippen LogP contribution is -2.07. The van der Waals surface area contributed by atoms with Crippen molar-refractivity contribution in [3.63, 3.8) is 0 Å². The molecule has 0 unspecified atom stereocenters. The van der Waals surface area contributed by atoms with Crippen LogP contribution in [-0.4, -0.2) is 0 Å². The van der Waals surface area contributed by atoms with Crippen molar-refractivity contribution in [3.05, 3.63) is 11.1 Å². The molecule has 0 heteroatoms. The third-order valence-electron chi connectivity index (χ3n) is 2.00. The van der Waals surface area contributed by atoms with Crippen molar-refractivity contribution in [2.45, 2.75) is 41.5 Å². The van der Waals surface area contributed by atoms with Crippen molar-refractivity contribution in [3.8, 4) is 11.8 Å². The first-order valence-corrected chi connectivity index (χ1v) is 4.00. The lowest BCUT2D eigenvalue weighted by atomic mass is 9.85. The molecule has 0 amide bonds. The van der Waals surface area contributed by atoms with Crippen molar-refractivity contribution in [2.75, 3.05) is 0 Å². The molecule has 0 bridgehead atoms. The summed E-state index contributed by atoms with van der Waals surface area (Å²) < 4.78 is 0. The van der Waals surface area contributed by atoms with Gasteiger partial charge in [-0.3, -0.25) is 0 Å². The van der Waals surface area contributed by atoms with E-state index in [1.807, 2.05) is 6.92 Å². The highest BCUT2D eigenvalue weighted by Gasteiger charge is 2.13. The second-order valence-corrected chi connectivity index (χ2v) is 3.88. The van der Waals surface area contributed by atoms with Crippen LogP contribution >= 0.6 is 0 Å². The van der Waals surface area contributed by atoms with E-state index in [4.69, 9.17) is 0 Å². The highest BCUT2D eigenvalue weighted by Crippen LogP contribution is 2.26. The summed E-state index contributed by atoms with van der Waals surface area (Å²) in [6.07, 6.45) is 0. The molecule has 0 radical (unpaired) electrons. The van der Waals surface area contributed by atoms with Crippen LogP contribution in [0.15, 0.2) is 11.1 Å². The monoisotopic (exact) mass is 150 g/mol. The van der Waals surface area contributed by atoms with Gasteiger partial charge in [-0.2, -0.15) is 0 Å². The van der Waals surface area contributed by atoms with Crippen molar-refractivity contribution in [1.29, 1.82) is 0 Å². The van der Waals surface area contributed by atoms with E-state index >= 15 is 0 Å². The molecule has 0 saturated carbocycles. The van der Waals surface area contributed by atoms with Crippen molar-refractivity contribution in [2.24, 2.45) is 5.41 Å². The molecule has 0 atom stereocenters. The molecule has 11 heavy (non-hydrogen) atoms. The van der Waals surface area contributed by atoms with Crippen molar-refractivity contribution in [1.82, 2.24) is 0 Å². The molecule has 62 valence electrons. The summed E-state index contributed by atoms with van der Waals surface area (Å²) in [5.74, 6) is 5.99. The van der Waals surface area contributed by atoms with E-state index in [9.17, 15) is 0 Å². The molecule has 0 spiro atoms. The minimum absolute atomic E-state index is 0.258. The number of rotatable bonds is 0. The fourth-order valence-electron chi connectivity index (χ4n) is 0.844. The van der Waals surface area contributed by atoms with Crippen molar-refractivity contribution >= 4 is 0 Å².